The second kappa shape index (κ2) is 3.25. The standard InChI is InChI=1S/C13H7NO3/c15-9-5-6-14-11-10(9)12(16)7-3-1-2-4-8(7)13(11)17/h1-6H,(H,14,15). The summed E-state index contributed by atoms with van der Waals surface area (Å²) in [6, 6.07) is 7.76. The molecule has 0 bridgehead atoms. The van der Waals surface area contributed by atoms with E-state index < -0.39 is 11.2 Å². The number of ketones is 2. The van der Waals surface area contributed by atoms with Gasteiger partial charge in [-0.15, -0.1) is 0 Å². The Hall–Kier alpha value is -2.49. The Labute approximate surface area is 95.9 Å². The van der Waals surface area contributed by atoms with Crippen molar-refractivity contribution in [3.8, 4) is 0 Å². The van der Waals surface area contributed by atoms with Gasteiger partial charge in [0, 0.05) is 23.4 Å². The van der Waals surface area contributed by atoms with Gasteiger partial charge in [-0.3, -0.25) is 14.4 Å². The molecule has 17 heavy (non-hydrogen) atoms. The lowest BCUT2D eigenvalue weighted by Crippen LogP contribution is -2.28. The molecule has 0 fully saturated rings. The Kier molecular flexibility index (Phi) is 1.86. The molecule has 82 valence electrons. The number of aromatic nitrogens is 1. The maximum absolute atomic E-state index is 12.1. The van der Waals surface area contributed by atoms with E-state index in [0.717, 1.165) is 0 Å². The highest BCUT2D eigenvalue weighted by Gasteiger charge is 2.31. The van der Waals surface area contributed by atoms with Crippen molar-refractivity contribution in [2.75, 3.05) is 0 Å². The molecule has 2 aromatic rings. The molecule has 0 spiro atoms. The fraction of sp³-hybridized carbons (Fsp3) is 0. The minimum absolute atomic E-state index is 0.0591. The highest BCUT2D eigenvalue weighted by molar-refractivity contribution is 6.27. The van der Waals surface area contributed by atoms with E-state index in [4.69, 9.17) is 0 Å². The summed E-state index contributed by atoms with van der Waals surface area (Å²) in [7, 11) is 0. The van der Waals surface area contributed by atoms with Crippen LogP contribution in [0.2, 0.25) is 0 Å². The Balaban J connectivity index is 2.41. The van der Waals surface area contributed by atoms with E-state index in [0.29, 0.717) is 11.1 Å². The summed E-state index contributed by atoms with van der Waals surface area (Å²) < 4.78 is 0. The molecule has 1 aliphatic rings. The third-order valence-electron chi connectivity index (χ3n) is 2.83. The van der Waals surface area contributed by atoms with Crippen LogP contribution in [0.3, 0.4) is 0 Å². The van der Waals surface area contributed by atoms with Gasteiger partial charge in [0.1, 0.15) is 5.69 Å². The molecule has 1 heterocycles. The average Bonchev–Trinajstić information content (AvgIpc) is 2.36. The second-order valence-corrected chi connectivity index (χ2v) is 3.80. The largest absolute Gasteiger partial charge is 0.358 e. The van der Waals surface area contributed by atoms with Gasteiger partial charge in [-0.2, -0.15) is 0 Å². The number of hydrogen-bond donors (Lipinski definition) is 1. The van der Waals surface area contributed by atoms with E-state index in [1.54, 1.807) is 24.3 Å². The molecule has 0 atom stereocenters. The summed E-state index contributed by atoms with van der Waals surface area (Å²) in [5, 5.41) is 0. The lowest BCUT2D eigenvalue weighted by molar-refractivity contribution is 0.0974. The number of rotatable bonds is 0. The van der Waals surface area contributed by atoms with Gasteiger partial charge in [0.15, 0.2) is 11.2 Å². The van der Waals surface area contributed by atoms with Crippen LogP contribution in [0.1, 0.15) is 32.0 Å². The quantitative estimate of drug-likeness (QED) is 0.624. The van der Waals surface area contributed by atoms with Gasteiger partial charge in [-0.1, -0.05) is 24.3 Å². The number of nitrogens with one attached hydrogen (secondary N) is 1. The van der Waals surface area contributed by atoms with Gasteiger partial charge in [-0.05, 0) is 0 Å². The van der Waals surface area contributed by atoms with Crippen LogP contribution >= 0.6 is 0 Å². The normalized spacial score (nSPS) is 13.2. The zero-order chi connectivity index (χ0) is 12.0. The molecule has 1 aromatic carbocycles. The van der Waals surface area contributed by atoms with E-state index in [9.17, 15) is 14.4 Å². The molecular formula is C13H7NO3. The van der Waals surface area contributed by atoms with Gasteiger partial charge in [-0.25, -0.2) is 0 Å². The predicted molar refractivity (Wildman–Crippen MR) is 60.4 cm³/mol. The number of pyridine rings is 1. The zero-order valence-corrected chi connectivity index (χ0v) is 8.69. The minimum Gasteiger partial charge on any atom is -0.358 e. The fourth-order valence-corrected chi connectivity index (χ4v) is 2.03. The molecule has 0 saturated carbocycles. The van der Waals surface area contributed by atoms with Crippen LogP contribution in [0.25, 0.3) is 0 Å². The van der Waals surface area contributed by atoms with Crippen molar-refractivity contribution in [2.45, 2.75) is 0 Å². The van der Waals surface area contributed by atoms with E-state index in [-0.39, 0.29) is 17.0 Å². The smallest absolute Gasteiger partial charge is 0.210 e. The van der Waals surface area contributed by atoms with Crippen molar-refractivity contribution >= 4 is 11.6 Å². The fourth-order valence-electron chi connectivity index (χ4n) is 2.03. The number of carbonyl (C=O) groups excluding carboxylic acids is 2. The van der Waals surface area contributed by atoms with E-state index in [1.807, 2.05) is 0 Å². The highest BCUT2D eigenvalue weighted by Crippen LogP contribution is 2.23. The van der Waals surface area contributed by atoms with Crippen molar-refractivity contribution in [3.63, 3.8) is 0 Å². The summed E-state index contributed by atoms with van der Waals surface area (Å²) in [5.74, 6) is -0.704. The molecule has 0 aliphatic heterocycles. The van der Waals surface area contributed by atoms with Gasteiger partial charge in [0.25, 0.3) is 0 Å². The molecule has 1 aromatic heterocycles. The van der Waals surface area contributed by atoms with Crippen LogP contribution in [0, 0.1) is 0 Å². The Bertz CT molecular complexity index is 713. The molecule has 4 nitrogen and oxygen atoms in total. The summed E-state index contributed by atoms with van der Waals surface area (Å²) in [6.45, 7) is 0. The Morgan fingerprint density at radius 1 is 0.824 bits per heavy atom. The maximum Gasteiger partial charge on any atom is 0.210 e. The van der Waals surface area contributed by atoms with Crippen molar-refractivity contribution in [1.82, 2.24) is 4.98 Å². The average molecular weight is 225 g/mol. The number of fused-ring (bicyclic) bond motifs is 2. The highest BCUT2D eigenvalue weighted by atomic mass is 16.1. The zero-order valence-electron chi connectivity index (χ0n) is 8.69. The van der Waals surface area contributed by atoms with Gasteiger partial charge in [0.05, 0.1) is 5.56 Å². The molecule has 1 N–H and O–H groups in total. The van der Waals surface area contributed by atoms with Crippen molar-refractivity contribution in [1.29, 1.82) is 0 Å². The van der Waals surface area contributed by atoms with E-state index >= 15 is 0 Å². The van der Waals surface area contributed by atoms with E-state index in [2.05, 4.69) is 4.98 Å². The van der Waals surface area contributed by atoms with Crippen LogP contribution in [-0.4, -0.2) is 16.6 Å². The molecule has 0 saturated heterocycles. The summed E-state index contributed by atoms with van der Waals surface area (Å²) in [4.78, 5) is 38.5. The molecule has 1 aliphatic carbocycles. The SMILES string of the molecule is O=C1c2ccccc2C(=O)c2c1[nH]ccc2=O. The summed E-state index contributed by atoms with van der Waals surface area (Å²) in [5.41, 5.74) is 0.234. The first kappa shape index (κ1) is 9.72. The maximum atomic E-state index is 12.1. The molecule has 4 heteroatoms. The molecule has 0 amide bonds. The van der Waals surface area contributed by atoms with Crippen LogP contribution in [0.4, 0.5) is 0 Å². The van der Waals surface area contributed by atoms with Gasteiger partial charge < -0.3 is 4.98 Å². The first-order chi connectivity index (χ1) is 8.20. The van der Waals surface area contributed by atoms with Crippen molar-refractivity contribution in [3.05, 3.63) is 69.1 Å². The summed E-state index contributed by atoms with van der Waals surface area (Å²) >= 11 is 0. The lowest BCUT2D eigenvalue weighted by atomic mass is 9.87. The predicted octanol–water partition coefficient (Wildman–Crippen LogP) is 1.15. The first-order valence-corrected chi connectivity index (χ1v) is 5.10. The van der Waals surface area contributed by atoms with Gasteiger partial charge in [0.2, 0.25) is 5.78 Å². The van der Waals surface area contributed by atoms with E-state index in [1.165, 1.54) is 12.3 Å². The minimum atomic E-state index is -0.424. The second-order valence-electron chi connectivity index (χ2n) is 3.80. The number of hydrogen-bond acceptors (Lipinski definition) is 3. The third kappa shape index (κ3) is 1.21. The number of carbonyl (C=O) groups is 2. The van der Waals surface area contributed by atoms with Crippen LogP contribution in [0.5, 0.6) is 0 Å². The first-order valence-electron chi connectivity index (χ1n) is 5.10. The Morgan fingerprint density at radius 2 is 1.47 bits per heavy atom. The van der Waals surface area contributed by atoms with Crippen LogP contribution < -0.4 is 5.43 Å². The topological polar surface area (TPSA) is 67.0 Å². The third-order valence-corrected chi connectivity index (χ3v) is 2.83. The number of benzene rings is 1. The molecule has 0 unspecified atom stereocenters. The molecule has 0 radical (unpaired) electrons. The van der Waals surface area contributed by atoms with Crippen LogP contribution in [-0.2, 0) is 0 Å². The molecular weight excluding hydrogens is 218 g/mol. The lowest BCUT2D eigenvalue weighted by Gasteiger charge is -2.15. The monoisotopic (exact) mass is 225 g/mol. The van der Waals surface area contributed by atoms with Gasteiger partial charge >= 0.3 is 0 Å². The Morgan fingerprint density at radius 3 is 2.18 bits per heavy atom. The number of aromatic amines is 1. The van der Waals surface area contributed by atoms with Crippen LogP contribution in [0.15, 0.2) is 41.3 Å². The van der Waals surface area contributed by atoms with Crippen molar-refractivity contribution < 1.29 is 9.59 Å². The molecule has 3 rings (SSSR count). The summed E-state index contributed by atoms with van der Waals surface area (Å²) in [6.07, 6.45) is 1.38. The number of H-pyrrole nitrogens is 1. The van der Waals surface area contributed by atoms with Crippen molar-refractivity contribution in [2.24, 2.45) is 0 Å².